The van der Waals surface area contributed by atoms with E-state index >= 15 is 0 Å². The van der Waals surface area contributed by atoms with Crippen LogP contribution in [0.5, 0.6) is 0 Å². The molecule has 0 unspecified atom stereocenters. The molecule has 2 heterocycles. The average Bonchev–Trinajstić information content (AvgIpc) is 2.72. The molecule has 1 aromatic carbocycles. The Labute approximate surface area is 165 Å². The van der Waals surface area contributed by atoms with Crippen LogP contribution >= 0.6 is 0 Å². The first-order valence-corrected chi connectivity index (χ1v) is 8.96. The number of aromatic nitrogens is 3. The molecule has 9 heteroatoms. The van der Waals surface area contributed by atoms with Crippen LogP contribution in [0.3, 0.4) is 0 Å². The Hall–Kier alpha value is -3.20. The summed E-state index contributed by atoms with van der Waals surface area (Å²) in [6, 6.07) is 6.10. The summed E-state index contributed by atoms with van der Waals surface area (Å²) in [5.74, 6) is -3.22. The monoisotopic (exact) mass is 403 g/mol. The number of aliphatic hydroxyl groups is 1. The molecule has 3 aromatic rings. The third-order valence-corrected chi connectivity index (χ3v) is 4.32. The lowest BCUT2D eigenvalue weighted by atomic mass is 10.1. The summed E-state index contributed by atoms with van der Waals surface area (Å²) < 4.78 is 41.6. The molecule has 0 aliphatic heterocycles. The number of pyridine rings is 1. The third-order valence-electron chi connectivity index (χ3n) is 4.32. The quantitative estimate of drug-likeness (QED) is 0.515. The fourth-order valence-electron chi connectivity index (χ4n) is 2.61. The summed E-state index contributed by atoms with van der Waals surface area (Å²) in [6.45, 7) is 3.67. The first-order chi connectivity index (χ1) is 13.9. The SMILES string of the molecule is CC(C)[C@@H](CO)Nc1nc(Nc2c(F)ccc(F)c2F)cc(-c2ccncc2)n1. The first kappa shape index (κ1) is 20.5. The van der Waals surface area contributed by atoms with E-state index in [0.29, 0.717) is 17.3 Å². The van der Waals surface area contributed by atoms with E-state index in [2.05, 4.69) is 25.6 Å². The number of nitrogens with zero attached hydrogens (tertiary/aromatic N) is 3. The standard InChI is InChI=1S/C20H20F3N5O/c1-11(2)16(10-29)26-20-25-15(12-5-7-24-8-6-12)9-17(28-20)27-19-14(22)4-3-13(21)18(19)23/h3-9,11,16,29H,10H2,1-2H3,(H2,25,26,27,28)/t16-/m1/s1. The third kappa shape index (κ3) is 4.80. The Bertz CT molecular complexity index is 985. The number of anilines is 3. The van der Waals surface area contributed by atoms with Crippen molar-refractivity contribution in [3.05, 3.63) is 60.2 Å². The van der Waals surface area contributed by atoms with Crippen molar-refractivity contribution >= 4 is 17.5 Å². The van der Waals surface area contributed by atoms with Gasteiger partial charge in [0.15, 0.2) is 11.6 Å². The van der Waals surface area contributed by atoms with Crippen LogP contribution in [0.25, 0.3) is 11.3 Å². The molecular weight excluding hydrogens is 383 g/mol. The topological polar surface area (TPSA) is 83.0 Å². The maximum absolute atomic E-state index is 14.1. The van der Waals surface area contributed by atoms with Crippen LogP contribution in [0.2, 0.25) is 0 Å². The van der Waals surface area contributed by atoms with Gasteiger partial charge < -0.3 is 15.7 Å². The van der Waals surface area contributed by atoms with Gasteiger partial charge in [-0.25, -0.2) is 18.2 Å². The lowest BCUT2D eigenvalue weighted by Crippen LogP contribution is -2.30. The summed E-state index contributed by atoms with van der Waals surface area (Å²) in [5, 5.41) is 15.1. The van der Waals surface area contributed by atoms with Gasteiger partial charge in [-0.15, -0.1) is 0 Å². The van der Waals surface area contributed by atoms with Crippen LogP contribution in [-0.2, 0) is 0 Å². The summed E-state index contributed by atoms with van der Waals surface area (Å²) in [4.78, 5) is 12.6. The molecule has 2 aromatic heterocycles. The molecule has 152 valence electrons. The minimum absolute atomic E-state index is 0.0539. The van der Waals surface area contributed by atoms with E-state index in [1.165, 1.54) is 6.07 Å². The number of halogens is 3. The van der Waals surface area contributed by atoms with Gasteiger partial charge in [0.2, 0.25) is 5.95 Å². The zero-order valence-corrected chi connectivity index (χ0v) is 15.8. The number of hydrogen-bond acceptors (Lipinski definition) is 6. The highest BCUT2D eigenvalue weighted by atomic mass is 19.2. The fourth-order valence-corrected chi connectivity index (χ4v) is 2.61. The van der Waals surface area contributed by atoms with Gasteiger partial charge in [0.25, 0.3) is 0 Å². The highest BCUT2D eigenvalue weighted by Gasteiger charge is 2.18. The van der Waals surface area contributed by atoms with Crippen LogP contribution in [-0.4, -0.2) is 32.7 Å². The lowest BCUT2D eigenvalue weighted by Gasteiger charge is -2.21. The van der Waals surface area contributed by atoms with Crippen molar-refractivity contribution in [2.24, 2.45) is 5.92 Å². The number of nitrogens with one attached hydrogen (secondary N) is 2. The molecule has 0 spiro atoms. The van der Waals surface area contributed by atoms with Crippen molar-refractivity contribution in [1.29, 1.82) is 0 Å². The molecule has 0 bridgehead atoms. The van der Waals surface area contributed by atoms with Crippen molar-refractivity contribution in [1.82, 2.24) is 15.0 Å². The van der Waals surface area contributed by atoms with Crippen LogP contribution in [0, 0.1) is 23.4 Å². The normalized spacial score (nSPS) is 12.1. The van der Waals surface area contributed by atoms with Crippen molar-refractivity contribution in [2.75, 3.05) is 17.2 Å². The van der Waals surface area contributed by atoms with Crippen molar-refractivity contribution in [3.8, 4) is 11.3 Å². The fraction of sp³-hybridized carbons (Fsp3) is 0.250. The molecule has 0 saturated carbocycles. The van der Waals surface area contributed by atoms with Crippen molar-refractivity contribution in [2.45, 2.75) is 19.9 Å². The van der Waals surface area contributed by atoms with Gasteiger partial charge in [-0.05, 0) is 30.2 Å². The largest absolute Gasteiger partial charge is 0.394 e. The maximum atomic E-state index is 14.1. The Morgan fingerprint density at radius 3 is 2.34 bits per heavy atom. The van der Waals surface area contributed by atoms with E-state index in [-0.39, 0.29) is 30.3 Å². The minimum atomic E-state index is -1.35. The lowest BCUT2D eigenvalue weighted by molar-refractivity contribution is 0.248. The molecule has 0 radical (unpaired) electrons. The van der Waals surface area contributed by atoms with E-state index in [1.807, 2.05) is 13.8 Å². The summed E-state index contributed by atoms with van der Waals surface area (Å²) in [5.41, 5.74) is 0.488. The molecule has 1 atom stereocenters. The van der Waals surface area contributed by atoms with Crippen LogP contribution in [0.4, 0.5) is 30.6 Å². The molecule has 0 amide bonds. The molecule has 3 N–H and O–H groups in total. The van der Waals surface area contributed by atoms with Gasteiger partial charge in [-0.3, -0.25) is 4.98 Å². The van der Waals surface area contributed by atoms with Gasteiger partial charge in [0.1, 0.15) is 17.3 Å². The minimum Gasteiger partial charge on any atom is -0.394 e. The van der Waals surface area contributed by atoms with Crippen LogP contribution < -0.4 is 10.6 Å². The number of hydrogen-bond donors (Lipinski definition) is 3. The maximum Gasteiger partial charge on any atom is 0.225 e. The van der Waals surface area contributed by atoms with E-state index in [4.69, 9.17) is 0 Å². The summed E-state index contributed by atoms with van der Waals surface area (Å²) in [7, 11) is 0. The van der Waals surface area contributed by atoms with Crippen molar-refractivity contribution in [3.63, 3.8) is 0 Å². The average molecular weight is 403 g/mol. The molecule has 0 aliphatic rings. The van der Waals surface area contributed by atoms with E-state index in [1.54, 1.807) is 24.5 Å². The molecule has 0 fully saturated rings. The van der Waals surface area contributed by atoms with E-state index in [0.717, 1.165) is 6.07 Å². The highest BCUT2D eigenvalue weighted by molar-refractivity contribution is 5.67. The Balaban J connectivity index is 2.04. The molecule has 6 nitrogen and oxygen atoms in total. The molecular formula is C20H20F3N5O. The number of rotatable bonds is 7. The first-order valence-electron chi connectivity index (χ1n) is 8.96. The Morgan fingerprint density at radius 1 is 1.00 bits per heavy atom. The number of aliphatic hydroxyl groups excluding tert-OH is 1. The van der Waals surface area contributed by atoms with Gasteiger partial charge in [0, 0.05) is 24.0 Å². The Kier molecular flexibility index (Phi) is 6.28. The molecule has 29 heavy (non-hydrogen) atoms. The number of benzene rings is 1. The van der Waals surface area contributed by atoms with Gasteiger partial charge in [-0.2, -0.15) is 4.98 Å². The van der Waals surface area contributed by atoms with Gasteiger partial charge in [-0.1, -0.05) is 13.8 Å². The van der Waals surface area contributed by atoms with E-state index in [9.17, 15) is 18.3 Å². The Morgan fingerprint density at radius 2 is 1.69 bits per heavy atom. The second kappa shape index (κ2) is 8.87. The van der Waals surface area contributed by atoms with Gasteiger partial charge in [0.05, 0.1) is 18.3 Å². The molecule has 0 saturated heterocycles. The van der Waals surface area contributed by atoms with Crippen molar-refractivity contribution < 1.29 is 18.3 Å². The predicted octanol–water partition coefficient (Wildman–Crippen LogP) is 4.13. The van der Waals surface area contributed by atoms with Crippen LogP contribution in [0.15, 0.2) is 42.7 Å². The second-order valence-electron chi connectivity index (χ2n) is 6.72. The predicted molar refractivity (Wildman–Crippen MR) is 104 cm³/mol. The molecule has 3 rings (SSSR count). The summed E-state index contributed by atoms with van der Waals surface area (Å²) >= 11 is 0. The molecule has 0 aliphatic carbocycles. The highest BCUT2D eigenvalue weighted by Crippen LogP contribution is 2.27. The van der Waals surface area contributed by atoms with Gasteiger partial charge >= 0.3 is 0 Å². The summed E-state index contributed by atoms with van der Waals surface area (Å²) in [6.07, 6.45) is 3.16. The smallest absolute Gasteiger partial charge is 0.225 e. The zero-order chi connectivity index (χ0) is 21.0. The zero-order valence-electron chi connectivity index (χ0n) is 15.8. The van der Waals surface area contributed by atoms with E-state index < -0.39 is 23.1 Å². The second-order valence-corrected chi connectivity index (χ2v) is 6.72. The van der Waals surface area contributed by atoms with Crippen LogP contribution in [0.1, 0.15) is 13.8 Å².